The number of hydrogen-bond acceptors (Lipinski definition) is 2. The normalized spacial score (nSPS) is 32.7. The summed E-state index contributed by atoms with van der Waals surface area (Å²) in [6, 6.07) is 0. The monoisotopic (exact) mass is 226 g/mol. The predicted molar refractivity (Wildman–Crippen MR) is 45.2 cm³/mol. The Balaban J connectivity index is 2.76. The van der Waals surface area contributed by atoms with Gasteiger partial charge in [0.05, 0.1) is 17.9 Å². The molecule has 1 aliphatic carbocycles. The van der Waals surface area contributed by atoms with Crippen LogP contribution >= 0.6 is 0 Å². The summed E-state index contributed by atoms with van der Waals surface area (Å²) in [5.41, 5.74) is -1.72. The summed E-state index contributed by atoms with van der Waals surface area (Å²) >= 11 is 0. The van der Waals surface area contributed by atoms with Gasteiger partial charge in [0.15, 0.2) is 0 Å². The molecular formula is C9H13F3O3. The Kier molecular flexibility index (Phi) is 3.28. The van der Waals surface area contributed by atoms with Gasteiger partial charge in [-0.25, -0.2) is 0 Å². The predicted octanol–water partition coefficient (Wildman–Crippen LogP) is 1.94. The SMILES string of the molecule is O=C(O)C1(CC(F)(F)F)CCC(O)CC1. The van der Waals surface area contributed by atoms with Gasteiger partial charge in [-0.15, -0.1) is 0 Å². The van der Waals surface area contributed by atoms with Crippen LogP contribution in [0.2, 0.25) is 0 Å². The molecule has 0 radical (unpaired) electrons. The maximum absolute atomic E-state index is 12.2. The summed E-state index contributed by atoms with van der Waals surface area (Å²) in [4.78, 5) is 10.9. The summed E-state index contributed by atoms with van der Waals surface area (Å²) in [5.74, 6) is -1.41. The molecule has 2 N–H and O–H groups in total. The molecule has 0 aromatic carbocycles. The van der Waals surface area contributed by atoms with Crippen LogP contribution in [0.3, 0.4) is 0 Å². The van der Waals surface area contributed by atoms with Crippen LogP contribution in [0.1, 0.15) is 32.1 Å². The Morgan fingerprint density at radius 1 is 1.33 bits per heavy atom. The minimum atomic E-state index is -4.47. The number of aliphatic carboxylic acids is 1. The van der Waals surface area contributed by atoms with Gasteiger partial charge in [0.25, 0.3) is 0 Å². The highest BCUT2D eigenvalue weighted by atomic mass is 19.4. The maximum Gasteiger partial charge on any atom is 0.390 e. The first-order valence-electron chi connectivity index (χ1n) is 4.73. The lowest BCUT2D eigenvalue weighted by molar-refractivity contribution is -0.185. The van der Waals surface area contributed by atoms with E-state index in [9.17, 15) is 18.0 Å². The third kappa shape index (κ3) is 3.09. The van der Waals surface area contributed by atoms with Crippen molar-refractivity contribution in [3.63, 3.8) is 0 Å². The van der Waals surface area contributed by atoms with Gasteiger partial charge < -0.3 is 10.2 Å². The first-order chi connectivity index (χ1) is 6.75. The second-order valence-electron chi connectivity index (χ2n) is 4.11. The second kappa shape index (κ2) is 4.00. The van der Waals surface area contributed by atoms with Gasteiger partial charge in [-0.1, -0.05) is 0 Å². The van der Waals surface area contributed by atoms with Crippen molar-refractivity contribution in [3.05, 3.63) is 0 Å². The van der Waals surface area contributed by atoms with E-state index in [4.69, 9.17) is 10.2 Å². The summed E-state index contributed by atoms with van der Waals surface area (Å²) in [6.07, 6.45) is -6.40. The molecule has 6 heteroatoms. The van der Waals surface area contributed by atoms with E-state index in [1.807, 2.05) is 0 Å². The zero-order chi connectivity index (χ0) is 11.7. The van der Waals surface area contributed by atoms with E-state index < -0.39 is 30.1 Å². The van der Waals surface area contributed by atoms with E-state index in [2.05, 4.69) is 0 Å². The number of aliphatic hydroxyl groups is 1. The number of carboxylic acid groups (broad SMARTS) is 1. The van der Waals surface area contributed by atoms with E-state index in [0.717, 1.165) is 0 Å². The Morgan fingerprint density at radius 2 is 1.80 bits per heavy atom. The van der Waals surface area contributed by atoms with Crippen LogP contribution < -0.4 is 0 Å². The first kappa shape index (κ1) is 12.3. The average molecular weight is 226 g/mol. The topological polar surface area (TPSA) is 57.5 Å². The third-order valence-corrected chi connectivity index (χ3v) is 2.90. The summed E-state index contributed by atoms with van der Waals surface area (Å²) in [7, 11) is 0. The lowest BCUT2D eigenvalue weighted by Crippen LogP contribution is -2.40. The van der Waals surface area contributed by atoms with Crippen molar-refractivity contribution < 1.29 is 28.2 Å². The Hall–Kier alpha value is -0.780. The largest absolute Gasteiger partial charge is 0.481 e. The maximum atomic E-state index is 12.2. The molecule has 1 rings (SSSR count). The molecule has 3 nitrogen and oxygen atoms in total. The minimum absolute atomic E-state index is 0.108. The van der Waals surface area contributed by atoms with Crippen molar-refractivity contribution in [1.82, 2.24) is 0 Å². The van der Waals surface area contributed by atoms with Crippen molar-refractivity contribution in [1.29, 1.82) is 0 Å². The number of aliphatic hydroxyl groups excluding tert-OH is 1. The zero-order valence-corrected chi connectivity index (χ0v) is 8.05. The smallest absolute Gasteiger partial charge is 0.390 e. The van der Waals surface area contributed by atoms with Gasteiger partial charge in [-0.05, 0) is 25.7 Å². The van der Waals surface area contributed by atoms with E-state index in [1.165, 1.54) is 0 Å². The molecule has 1 fully saturated rings. The highest BCUT2D eigenvalue weighted by Gasteiger charge is 2.49. The molecule has 0 aromatic rings. The molecule has 0 aromatic heterocycles. The highest BCUT2D eigenvalue weighted by Crippen LogP contribution is 2.44. The van der Waals surface area contributed by atoms with Gasteiger partial charge in [0.2, 0.25) is 0 Å². The molecule has 0 unspecified atom stereocenters. The number of rotatable bonds is 2. The standard InChI is InChI=1S/C9H13F3O3/c10-9(11,12)5-8(7(14)15)3-1-6(13)2-4-8/h6,13H,1-5H2,(H,14,15). The van der Waals surface area contributed by atoms with Crippen LogP contribution in [0.5, 0.6) is 0 Å². The molecule has 1 saturated carbocycles. The average Bonchev–Trinajstić information content (AvgIpc) is 2.06. The van der Waals surface area contributed by atoms with Crippen LogP contribution in [0.25, 0.3) is 0 Å². The summed E-state index contributed by atoms with van der Waals surface area (Å²) < 4.78 is 36.7. The molecule has 0 spiro atoms. The Bertz CT molecular complexity index is 241. The van der Waals surface area contributed by atoms with Crippen molar-refractivity contribution in [2.45, 2.75) is 44.4 Å². The third-order valence-electron chi connectivity index (χ3n) is 2.90. The highest BCUT2D eigenvalue weighted by molar-refractivity contribution is 5.74. The number of halogens is 3. The van der Waals surface area contributed by atoms with Crippen molar-refractivity contribution in [2.24, 2.45) is 5.41 Å². The van der Waals surface area contributed by atoms with Crippen LogP contribution in [-0.4, -0.2) is 28.5 Å². The fraction of sp³-hybridized carbons (Fsp3) is 0.889. The Morgan fingerprint density at radius 3 is 2.13 bits per heavy atom. The minimum Gasteiger partial charge on any atom is -0.481 e. The molecule has 1 aliphatic rings. The van der Waals surface area contributed by atoms with Crippen molar-refractivity contribution in [3.8, 4) is 0 Å². The van der Waals surface area contributed by atoms with Gasteiger partial charge in [-0.2, -0.15) is 13.2 Å². The zero-order valence-electron chi connectivity index (χ0n) is 8.05. The molecular weight excluding hydrogens is 213 g/mol. The quantitative estimate of drug-likeness (QED) is 0.756. The van der Waals surface area contributed by atoms with E-state index in [1.54, 1.807) is 0 Å². The number of carboxylic acids is 1. The molecule has 0 saturated heterocycles. The molecule has 15 heavy (non-hydrogen) atoms. The lowest BCUT2D eigenvalue weighted by atomic mass is 9.71. The fourth-order valence-electron chi connectivity index (χ4n) is 2.01. The molecule has 88 valence electrons. The summed E-state index contributed by atoms with van der Waals surface area (Å²) in [6.45, 7) is 0. The fourth-order valence-corrected chi connectivity index (χ4v) is 2.01. The Labute approximate surface area is 84.9 Å². The lowest BCUT2D eigenvalue weighted by Gasteiger charge is -2.35. The van der Waals surface area contributed by atoms with Crippen LogP contribution in [0.4, 0.5) is 13.2 Å². The molecule has 0 bridgehead atoms. The number of carbonyl (C=O) groups is 1. The summed E-state index contributed by atoms with van der Waals surface area (Å²) in [5, 5.41) is 18.0. The molecule has 0 aliphatic heterocycles. The number of hydrogen-bond donors (Lipinski definition) is 2. The van der Waals surface area contributed by atoms with Crippen molar-refractivity contribution >= 4 is 5.97 Å². The van der Waals surface area contributed by atoms with Crippen molar-refractivity contribution in [2.75, 3.05) is 0 Å². The van der Waals surface area contributed by atoms with Crippen LogP contribution in [-0.2, 0) is 4.79 Å². The van der Waals surface area contributed by atoms with Gasteiger partial charge in [0, 0.05) is 0 Å². The van der Waals surface area contributed by atoms with E-state index in [0.29, 0.717) is 0 Å². The van der Waals surface area contributed by atoms with Crippen LogP contribution in [0.15, 0.2) is 0 Å². The van der Waals surface area contributed by atoms with Gasteiger partial charge in [0.1, 0.15) is 0 Å². The molecule has 0 heterocycles. The van der Waals surface area contributed by atoms with Gasteiger partial charge in [-0.3, -0.25) is 4.79 Å². The van der Waals surface area contributed by atoms with E-state index in [-0.39, 0.29) is 25.7 Å². The van der Waals surface area contributed by atoms with Gasteiger partial charge >= 0.3 is 12.1 Å². The second-order valence-corrected chi connectivity index (χ2v) is 4.11. The van der Waals surface area contributed by atoms with E-state index >= 15 is 0 Å². The van der Waals surface area contributed by atoms with Crippen LogP contribution in [0, 0.1) is 5.41 Å². The molecule has 0 atom stereocenters. The first-order valence-corrected chi connectivity index (χ1v) is 4.73. The molecule has 0 amide bonds. The number of alkyl halides is 3.